The van der Waals surface area contributed by atoms with Crippen molar-refractivity contribution in [2.75, 3.05) is 0 Å². The van der Waals surface area contributed by atoms with Crippen molar-refractivity contribution in [1.29, 1.82) is 0 Å². The Kier molecular flexibility index (Phi) is 6.33. The molecule has 1 aromatic rings. The fraction of sp³-hybridized carbons (Fsp3) is 0.636. The van der Waals surface area contributed by atoms with Crippen molar-refractivity contribution in [3.63, 3.8) is 0 Å². The molecule has 4 heteroatoms. The Morgan fingerprint density at radius 3 is 1.54 bits per heavy atom. The van der Waals surface area contributed by atoms with Gasteiger partial charge in [-0.1, -0.05) is 25.7 Å². The summed E-state index contributed by atoms with van der Waals surface area (Å²) in [5.74, 6) is 0.699. The van der Waals surface area contributed by atoms with Gasteiger partial charge in [0.1, 0.15) is 23.1 Å². The van der Waals surface area contributed by atoms with Crippen molar-refractivity contribution in [3.05, 3.63) is 23.3 Å². The predicted molar refractivity (Wildman–Crippen MR) is 100 cm³/mol. The normalized spacial score (nSPS) is 24.9. The highest BCUT2D eigenvalue weighted by Gasteiger charge is 2.25. The standard InChI is InChI=1S/C22H30O4/c23-19-9-5-1-3-7-15(19)11-17-13-22(26)18(14-21(17)25)12-16-8-4-2-6-10-20(16)24/h13-16,25-26H,1-12H2. The van der Waals surface area contributed by atoms with Crippen LogP contribution < -0.4 is 0 Å². The quantitative estimate of drug-likeness (QED) is 0.615. The molecule has 0 radical (unpaired) electrons. The molecule has 3 rings (SSSR count). The molecule has 2 atom stereocenters. The Balaban J connectivity index is 1.73. The van der Waals surface area contributed by atoms with E-state index in [0.29, 0.717) is 36.8 Å². The first kappa shape index (κ1) is 18.9. The Labute approximate surface area is 155 Å². The van der Waals surface area contributed by atoms with Crippen LogP contribution in [0.4, 0.5) is 0 Å². The molecule has 0 spiro atoms. The van der Waals surface area contributed by atoms with Crippen LogP contribution >= 0.6 is 0 Å². The number of Topliss-reactive ketones (excluding diaryl/α,β-unsaturated/α-hetero) is 2. The molecule has 0 bridgehead atoms. The maximum absolute atomic E-state index is 12.2. The SMILES string of the molecule is O=C1CCCCCC1Cc1cc(O)c(CC2CCCCCC2=O)cc1O. The van der Waals surface area contributed by atoms with E-state index in [2.05, 4.69) is 0 Å². The Morgan fingerprint density at radius 1 is 0.692 bits per heavy atom. The van der Waals surface area contributed by atoms with Crippen molar-refractivity contribution in [1.82, 2.24) is 0 Å². The van der Waals surface area contributed by atoms with E-state index in [1.54, 1.807) is 12.1 Å². The summed E-state index contributed by atoms with van der Waals surface area (Å²) in [7, 11) is 0. The summed E-state index contributed by atoms with van der Waals surface area (Å²) in [6, 6.07) is 3.20. The summed E-state index contributed by atoms with van der Waals surface area (Å²) < 4.78 is 0. The van der Waals surface area contributed by atoms with Crippen LogP contribution in [0.3, 0.4) is 0 Å². The number of benzene rings is 1. The maximum Gasteiger partial charge on any atom is 0.136 e. The molecule has 2 fully saturated rings. The fourth-order valence-corrected chi connectivity index (χ4v) is 4.42. The minimum absolute atomic E-state index is 0.0583. The summed E-state index contributed by atoms with van der Waals surface area (Å²) in [6.07, 6.45) is 10.1. The lowest BCUT2D eigenvalue weighted by atomic mass is 9.88. The van der Waals surface area contributed by atoms with Gasteiger partial charge in [0.2, 0.25) is 0 Å². The van der Waals surface area contributed by atoms with E-state index >= 15 is 0 Å². The van der Waals surface area contributed by atoms with Crippen molar-refractivity contribution in [2.45, 2.75) is 77.0 Å². The molecule has 4 nitrogen and oxygen atoms in total. The topological polar surface area (TPSA) is 74.6 Å². The van der Waals surface area contributed by atoms with Gasteiger partial charge in [-0.2, -0.15) is 0 Å². The molecule has 0 aromatic heterocycles. The Hall–Kier alpha value is -1.84. The molecule has 2 saturated carbocycles. The molecule has 142 valence electrons. The largest absolute Gasteiger partial charge is 0.508 e. The molecule has 0 heterocycles. The maximum atomic E-state index is 12.2. The third-order valence-electron chi connectivity index (χ3n) is 6.07. The number of carbonyl (C=O) groups excluding carboxylic acids is 2. The summed E-state index contributed by atoms with van der Waals surface area (Å²) in [5, 5.41) is 20.9. The van der Waals surface area contributed by atoms with Crippen LogP contribution in [0.2, 0.25) is 0 Å². The molecule has 26 heavy (non-hydrogen) atoms. The van der Waals surface area contributed by atoms with Crippen LogP contribution in [0.5, 0.6) is 11.5 Å². The second kappa shape index (κ2) is 8.70. The minimum atomic E-state index is -0.0583. The van der Waals surface area contributed by atoms with Gasteiger partial charge in [-0.05, 0) is 61.8 Å². The van der Waals surface area contributed by atoms with Crippen molar-refractivity contribution >= 4 is 11.6 Å². The van der Waals surface area contributed by atoms with Crippen LogP contribution in [0.15, 0.2) is 12.1 Å². The van der Waals surface area contributed by atoms with Gasteiger partial charge in [-0.25, -0.2) is 0 Å². The van der Waals surface area contributed by atoms with E-state index in [1.807, 2.05) is 0 Å². The molecule has 2 aliphatic carbocycles. The Bertz CT molecular complexity index is 607. The molecular weight excluding hydrogens is 328 g/mol. The third-order valence-corrected chi connectivity index (χ3v) is 6.07. The number of rotatable bonds is 4. The lowest BCUT2D eigenvalue weighted by molar-refractivity contribution is -0.123. The number of hydrogen-bond acceptors (Lipinski definition) is 4. The average molecular weight is 358 g/mol. The summed E-state index contributed by atoms with van der Waals surface area (Å²) >= 11 is 0. The number of phenolic OH excluding ortho intramolecular Hbond substituents is 2. The second-order valence-electron chi connectivity index (χ2n) is 8.04. The number of phenols is 2. The lowest BCUT2D eigenvalue weighted by Crippen LogP contribution is -2.16. The zero-order valence-corrected chi connectivity index (χ0v) is 15.5. The summed E-state index contributed by atoms with van der Waals surface area (Å²) in [5.41, 5.74) is 1.28. The zero-order valence-electron chi connectivity index (χ0n) is 15.5. The Morgan fingerprint density at radius 2 is 1.12 bits per heavy atom. The molecule has 0 saturated heterocycles. The number of ketones is 2. The molecule has 0 amide bonds. The molecule has 0 aliphatic heterocycles. The van der Waals surface area contributed by atoms with Crippen molar-refractivity contribution in [3.8, 4) is 11.5 Å². The van der Waals surface area contributed by atoms with Gasteiger partial charge in [-0.15, -0.1) is 0 Å². The molecule has 2 N–H and O–H groups in total. The van der Waals surface area contributed by atoms with Gasteiger partial charge < -0.3 is 10.2 Å². The first-order valence-corrected chi connectivity index (χ1v) is 10.1. The summed E-state index contributed by atoms with van der Waals surface area (Å²) in [6.45, 7) is 0. The smallest absolute Gasteiger partial charge is 0.136 e. The molecular formula is C22H30O4. The van der Waals surface area contributed by atoms with Gasteiger partial charge >= 0.3 is 0 Å². The van der Waals surface area contributed by atoms with Crippen LogP contribution in [0.25, 0.3) is 0 Å². The van der Waals surface area contributed by atoms with E-state index < -0.39 is 0 Å². The fourth-order valence-electron chi connectivity index (χ4n) is 4.42. The van der Waals surface area contributed by atoms with Gasteiger partial charge in [0, 0.05) is 24.7 Å². The molecule has 1 aromatic carbocycles. The van der Waals surface area contributed by atoms with E-state index in [1.165, 1.54) is 0 Å². The molecule has 2 aliphatic rings. The second-order valence-corrected chi connectivity index (χ2v) is 8.04. The first-order chi connectivity index (χ1) is 12.5. The summed E-state index contributed by atoms with van der Waals surface area (Å²) in [4.78, 5) is 24.5. The van der Waals surface area contributed by atoms with Crippen LogP contribution in [-0.2, 0) is 22.4 Å². The van der Waals surface area contributed by atoms with Crippen LogP contribution in [0, 0.1) is 11.8 Å². The van der Waals surface area contributed by atoms with E-state index in [0.717, 1.165) is 51.4 Å². The predicted octanol–water partition coefficient (Wildman–Crippen LogP) is 4.48. The van der Waals surface area contributed by atoms with Crippen molar-refractivity contribution in [2.24, 2.45) is 11.8 Å². The van der Waals surface area contributed by atoms with E-state index in [-0.39, 0.29) is 34.9 Å². The minimum Gasteiger partial charge on any atom is -0.508 e. The molecule has 2 unspecified atom stereocenters. The van der Waals surface area contributed by atoms with E-state index in [4.69, 9.17) is 0 Å². The highest BCUT2D eigenvalue weighted by Crippen LogP contribution is 2.34. The van der Waals surface area contributed by atoms with Crippen molar-refractivity contribution < 1.29 is 19.8 Å². The highest BCUT2D eigenvalue weighted by molar-refractivity contribution is 5.82. The third kappa shape index (κ3) is 4.66. The number of hydrogen-bond donors (Lipinski definition) is 2. The van der Waals surface area contributed by atoms with Gasteiger partial charge in [0.25, 0.3) is 0 Å². The van der Waals surface area contributed by atoms with Gasteiger partial charge in [0.05, 0.1) is 0 Å². The van der Waals surface area contributed by atoms with Crippen LogP contribution in [-0.4, -0.2) is 21.8 Å². The van der Waals surface area contributed by atoms with Gasteiger partial charge in [0.15, 0.2) is 0 Å². The lowest BCUT2D eigenvalue weighted by Gasteiger charge is -2.17. The zero-order chi connectivity index (χ0) is 18.5. The van der Waals surface area contributed by atoms with Gasteiger partial charge in [-0.3, -0.25) is 9.59 Å². The van der Waals surface area contributed by atoms with Crippen LogP contribution in [0.1, 0.15) is 75.3 Å². The average Bonchev–Trinajstić information content (AvgIpc) is 2.93. The number of carbonyl (C=O) groups is 2. The first-order valence-electron chi connectivity index (χ1n) is 10.1. The van der Waals surface area contributed by atoms with E-state index in [9.17, 15) is 19.8 Å². The monoisotopic (exact) mass is 358 g/mol. The number of aromatic hydroxyl groups is 2. The highest BCUT2D eigenvalue weighted by atomic mass is 16.3.